The van der Waals surface area contributed by atoms with E-state index in [2.05, 4.69) is 20.2 Å². The molecule has 2 rings (SSSR count). The summed E-state index contributed by atoms with van der Waals surface area (Å²) >= 11 is 1.33. The van der Waals surface area contributed by atoms with E-state index in [0.29, 0.717) is 18.7 Å². The van der Waals surface area contributed by atoms with E-state index >= 15 is 0 Å². The fourth-order valence-corrected chi connectivity index (χ4v) is 1.91. The van der Waals surface area contributed by atoms with Crippen LogP contribution >= 0.6 is 11.5 Å². The molecule has 0 aliphatic carbocycles. The first-order valence-corrected chi connectivity index (χ1v) is 6.51. The highest BCUT2D eigenvalue weighted by Gasteiger charge is 2.03. The van der Waals surface area contributed by atoms with Crippen LogP contribution in [0.1, 0.15) is 23.0 Å². The van der Waals surface area contributed by atoms with Gasteiger partial charge in [0.1, 0.15) is 0 Å². The summed E-state index contributed by atoms with van der Waals surface area (Å²) in [5, 5.41) is 11.8. The lowest BCUT2D eigenvalue weighted by atomic mass is 10.2. The second-order valence-corrected chi connectivity index (χ2v) is 4.30. The maximum Gasteiger partial charge on any atom is 0.251 e. The lowest BCUT2D eigenvalue weighted by molar-refractivity contribution is 0.0956. The van der Waals surface area contributed by atoms with Crippen LogP contribution in [0.2, 0.25) is 0 Å². The molecular weight excluding hydrogens is 248 g/mol. The number of amides is 1. The summed E-state index contributed by atoms with van der Waals surface area (Å²) in [6.45, 7) is 3.17. The molecule has 1 aromatic heterocycles. The molecule has 0 aliphatic heterocycles. The molecule has 1 heterocycles. The van der Waals surface area contributed by atoms with E-state index in [0.717, 1.165) is 11.4 Å². The van der Waals surface area contributed by atoms with E-state index in [4.69, 9.17) is 0 Å². The molecule has 0 saturated carbocycles. The first-order chi connectivity index (χ1) is 8.79. The number of benzene rings is 1. The van der Waals surface area contributed by atoms with Gasteiger partial charge in [-0.1, -0.05) is 4.49 Å². The van der Waals surface area contributed by atoms with E-state index in [-0.39, 0.29) is 5.91 Å². The quantitative estimate of drug-likeness (QED) is 0.863. The Morgan fingerprint density at radius 2 is 2.11 bits per heavy atom. The maximum absolute atomic E-state index is 11.6. The minimum absolute atomic E-state index is 0.0484. The third-order valence-corrected chi connectivity index (χ3v) is 2.92. The van der Waals surface area contributed by atoms with Crippen molar-refractivity contribution in [3.05, 3.63) is 40.9 Å². The van der Waals surface area contributed by atoms with Crippen LogP contribution in [-0.2, 0) is 6.54 Å². The van der Waals surface area contributed by atoms with Crippen LogP contribution in [0.3, 0.4) is 0 Å². The number of anilines is 1. The topological polar surface area (TPSA) is 66.9 Å². The zero-order chi connectivity index (χ0) is 12.8. The van der Waals surface area contributed by atoms with E-state index in [1.165, 1.54) is 11.5 Å². The third kappa shape index (κ3) is 3.27. The summed E-state index contributed by atoms with van der Waals surface area (Å²) in [4.78, 5) is 11.6. The smallest absolute Gasteiger partial charge is 0.251 e. The lowest BCUT2D eigenvalue weighted by Crippen LogP contribution is -2.22. The highest BCUT2D eigenvalue weighted by atomic mass is 32.1. The van der Waals surface area contributed by atoms with Gasteiger partial charge in [0.15, 0.2) is 0 Å². The first kappa shape index (κ1) is 12.5. The monoisotopic (exact) mass is 262 g/mol. The van der Waals surface area contributed by atoms with Gasteiger partial charge >= 0.3 is 0 Å². The van der Waals surface area contributed by atoms with Gasteiger partial charge in [0, 0.05) is 23.2 Å². The Bertz CT molecular complexity index is 495. The molecular formula is C12H14N4OS. The molecule has 18 heavy (non-hydrogen) atoms. The molecule has 0 bridgehead atoms. The summed E-state index contributed by atoms with van der Waals surface area (Å²) in [7, 11) is 0. The number of nitrogens with zero attached hydrogens (tertiary/aromatic N) is 2. The second-order valence-electron chi connectivity index (χ2n) is 3.69. The predicted molar refractivity (Wildman–Crippen MR) is 71.7 cm³/mol. The Morgan fingerprint density at radius 1 is 1.33 bits per heavy atom. The van der Waals surface area contributed by atoms with Crippen molar-refractivity contribution in [1.82, 2.24) is 14.9 Å². The molecule has 2 aromatic rings. The number of aromatic nitrogens is 2. The molecule has 0 atom stereocenters. The molecule has 0 unspecified atom stereocenters. The summed E-state index contributed by atoms with van der Waals surface area (Å²) in [6, 6.07) is 7.36. The van der Waals surface area contributed by atoms with Crippen molar-refractivity contribution in [3.63, 3.8) is 0 Å². The summed E-state index contributed by atoms with van der Waals surface area (Å²) in [6.07, 6.45) is 0. The van der Waals surface area contributed by atoms with Crippen LogP contribution in [0.5, 0.6) is 0 Å². The Morgan fingerprint density at radius 3 is 2.72 bits per heavy atom. The number of nitrogens with one attached hydrogen (secondary N) is 2. The minimum Gasteiger partial charge on any atom is -0.379 e. The van der Waals surface area contributed by atoms with Gasteiger partial charge in [0.25, 0.3) is 5.91 Å². The van der Waals surface area contributed by atoms with E-state index in [1.807, 2.05) is 24.4 Å². The number of rotatable bonds is 5. The maximum atomic E-state index is 11.6. The van der Waals surface area contributed by atoms with E-state index in [1.54, 1.807) is 12.1 Å². The van der Waals surface area contributed by atoms with Crippen molar-refractivity contribution in [2.45, 2.75) is 13.5 Å². The van der Waals surface area contributed by atoms with Crippen LogP contribution in [0, 0.1) is 0 Å². The zero-order valence-corrected chi connectivity index (χ0v) is 10.8. The Balaban J connectivity index is 1.93. The number of carbonyl (C=O) groups excluding carboxylic acids is 1. The molecule has 0 fully saturated rings. The molecule has 0 saturated heterocycles. The van der Waals surface area contributed by atoms with Gasteiger partial charge in [-0.3, -0.25) is 4.79 Å². The fraction of sp³-hybridized carbons (Fsp3) is 0.250. The molecule has 1 aromatic carbocycles. The molecule has 6 heteroatoms. The van der Waals surface area contributed by atoms with E-state index < -0.39 is 0 Å². The fourth-order valence-electron chi connectivity index (χ4n) is 1.46. The third-order valence-electron chi connectivity index (χ3n) is 2.36. The number of carbonyl (C=O) groups is 1. The van der Waals surface area contributed by atoms with Gasteiger partial charge in [0.2, 0.25) is 0 Å². The van der Waals surface area contributed by atoms with Crippen molar-refractivity contribution in [1.29, 1.82) is 0 Å². The van der Waals surface area contributed by atoms with Crippen molar-refractivity contribution in [3.8, 4) is 0 Å². The molecule has 5 nitrogen and oxygen atoms in total. The SMILES string of the molecule is CCNC(=O)c1ccc(NCc2csnn2)cc1. The van der Waals surface area contributed by atoms with Crippen LogP contribution < -0.4 is 10.6 Å². The normalized spacial score (nSPS) is 10.1. The molecule has 0 radical (unpaired) electrons. The number of hydrogen-bond acceptors (Lipinski definition) is 5. The van der Waals surface area contributed by atoms with E-state index in [9.17, 15) is 4.79 Å². The minimum atomic E-state index is -0.0484. The largest absolute Gasteiger partial charge is 0.379 e. The van der Waals surface area contributed by atoms with Crippen LogP contribution in [0.4, 0.5) is 5.69 Å². The van der Waals surface area contributed by atoms with Gasteiger partial charge < -0.3 is 10.6 Å². The summed E-state index contributed by atoms with van der Waals surface area (Å²) in [5.41, 5.74) is 2.53. The molecule has 1 amide bonds. The van der Waals surface area contributed by atoms with Gasteiger partial charge in [-0.05, 0) is 42.7 Å². The number of hydrogen-bond donors (Lipinski definition) is 2. The predicted octanol–water partition coefficient (Wildman–Crippen LogP) is 1.90. The molecule has 0 aliphatic rings. The van der Waals surface area contributed by atoms with Gasteiger partial charge in [-0.25, -0.2) is 0 Å². The van der Waals surface area contributed by atoms with Gasteiger partial charge in [-0.2, -0.15) is 0 Å². The van der Waals surface area contributed by atoms with Gasteiger partial charge in [0.05, 0.1) is 12.2 Å². The highest BCUT2D eigenvalue weighted by Crippen LogP contribution is 2.11. The standard InChI is InChI=1S/C12H14N4OS/c1-2-13-12(17)9-3-5-10(6-4-9)14-7-11-8-18-16-15-11/h3-6,8,14H,2,7H2,1H3,(H,13,17). The Labute approximate surface area is 109 Å². The van der Waals surface area contributed by atoms with Crippen molar-refractivity contribution >= 4 is 23.1 Å². The average Bonchev–Trinajstić information content (AvgIpc) is 2.90. The summed E-state index contributed by atoms with van der Waals surface area (Å²) in [5.74, 6) is -0.0484. The van der Waals surface area contributed by atoms with Crippen LogP contribution in [0.15, 0.2) is 29.6 Å². The van der Waals surface area contributed by atoms with Gasteiger partial charge in [-0.15, -0.1) is 5.10 Å². The van der Waals surface area contributed by atoms with Crippen molar-refractivity contribution in [2.24, 2.45) is 0 Å². The second kappa shape index (κ2) is 6.11. The Kier molecular flexibility index (Phi) is 4.25. The highest BCUT2D eigenvalue weighted by molar-refractivity contribution is 7.03. The average molecular weight is 262 g/mol. The van der Waals surface area contributed by atoms with Crippen LogP contribution in [0.25, 0.3) is 0 Å². The van der Waals surface area contributed by atoms with Crippen LogP contribution in [-0.4, -0.2) is 22.0 Å². The molecule has 94 valence electrons. The van der Waals surface area contributed by atoms with Crippen molar-refractivity contribution in [2.75, 3.05) is 11.9 Å². The Hall–Kier alpha value is -1.95. The lowest BCUT2D eigenvalue weighted by Gasteiger charge is -2.06. The zero-order valence-electron chi connectivity index (χ0n) is 10.0. The van der Waals surface area contributed by atoms with Crippen molar-refractivity contribution < 1.29 is 4.79 Å². The summed E-state index contributed by atoms with van der Waals surface area (Å²) < 4.78 is 3.79. The molecule has 0 spiro atoms. The molecule has 2 N–H and O–H groups in total. The first-order valence-electron chi connectivity index (χ1n) is 5.67.